The Morgan fingerprint density at radius 2 is 1.83 bits per heavy atom. The van der Waals surface area contributed by atoms with Crippen molar-refractivity contribution in [1.82, 2.24) is 5.32 Å². The summed E-state index contributed by atoms with van der Waals surface area (Å²) in [6.07, 6.45) is 0. The van der Waals surface area contributed by atoms with Crippen LogP contribution in [0, 0.1) is 6.92 Å². The molecule has 0 saturated heterocycles. The molecule has 0 bridgehead atoms. The number of anilines is 1. The highest BCUT2D eigenvalue weighted by molar-refractivity contribution is 7.98. The van der Waals surface area contributed by atoms with Crippen molar-refractivity contribution in [2.75, 3.05) is 17.6 Å². The van der Waals surface area contributed by atoms with Gasteiger partial charge in [-0.2, -0.15) is 11.8 Å². The number of nitrogens with one attached hydrogen (secondary N) is 2. The lowest BCUT2D eigenvalue weighted by Gasteiger charge is -2.11. The van der Waals surface area contributed by atoms with Gasteiger partial charge in [-0.25, -0.2) is 0 Å². The van der Waals surface area contributed by atoms with Crippen LogP contribution in [-0.2, 0) is 5.75 Å². The number of hydrogen-bond donors (Lipinski definition) is 2. The Kier molecular flexibility index (Phi) is 7.98. The molecule has 0 unspecified atom stereocenters. The van der Waals surface area contributed by atoms with E-state index < -0.39 is 0 Å². The lowest BCUT2D eigenvalue weighted by Crippen LogP contribution is -2.30. The smallest absolute Gasteiger partial charge is 0.170 e. The molecule has 0 aromatic heterocycles. The molecular formula is C17H17Cl3N2S2. The lowest BCUT2D eigenvalue weighted by molar-refractivity contribution is 0.990. The van der Waals surface area contributed by atoms with Gasteiger partial charge in [-0.3, -0.25) is 0 Å². The topological polar surface area (TPSA) is 24.1 Å². The predicted octanol–water partition coefficient (Wildman–Crippen LogP) is 6.18. The van der Waals surface area contributed by atoms with Crippen molar-refractivity contribution in [3.8, 4) is 0 Å². The first kappa shape index (κ1) is 19.7. The van der Waals surface area contributed by atoms with E-state index in [4.69, 9.17) is 47.0 Å². The fourth-order valence-corrected chi connectivity index (χ4v) is 3.43. The summed E-state index contributed by atoms with van der Waals surface area (Å²) >= 11 is 25.1. The molecule has 0 radical (unpaired) electrons. The van der Waals surface area contributed by atoms with Crippen LogP contribution in [-0.4, -0.2) is 17.4 Å². The fraction of sp³-hybridized carbons (Fsp3) is 0.235. The Morgan fingerprint density at radius 3 is 2.54 bits per heavy atom. The van der Waals surface area contributed by atoms with Crippen LogP contribution in [0.5, 0.6) is 0 Å². The van der Waals surface area contributed by atoms with Gasteiger partial charge in [0.05, 0.1) is 10.0 Å². The average molecular weight is 420 g/mol. The first-order chi connectivity index (χ1) is 11.5. The van der Waals surface area contributed by atoms with Crippen LogP contribution >= 0.6 is 58.8 Å². The molecule has 128 valence electrons. The Labute approximate surface area is 167 Å². The second kappa shape index (κ2) is 9.73. The Morgan fingerprint density at radius 1 is 1.04 bits per heavy atom. The largest absolute Gasteiger partial charge is 0.362 e. The first-order valence-electron chi connectivity index (χ1n) is 7.28. The van der Waals surface area contributed by atoms with Crippen LogP contribution < -0.4 is 10.6 Å². The maximum Gasteiger partial charge on any atom is 0.170 e. The zero-order valence-electron chi connectivity index (χ0n) is 13.0. The Hall–Kier alpha value is -0.650. The summed E-state index contributed by atoms with van der Waals surface area (Å²) in [6, 6.07) is 11.5. The molecule has 2 N–H and O–H groups in total. The second-order valence-corrected chi connectivity index (χ2v) is 7.88. The van der Waals surface area contributed by atoms with Gasteiger partial charge < -0.3 is 10.6 Å². The molecular weight excluding hydrogens is 403 g/mol. The van der Waals surface area contributed by atoms with E-state index in [2.05, 4.69) is 10.6 Å². The van der Waals surface area contributed by atoms with Gasteiger partial charge in [-0.05, 0) is 54.5 Å². The molecule has 2 aromatic rings. The van der Waals surface area contributed by atoms with Crippen LogP contribution in [0.25, 0.3) is 0 Å². The quantitative estimate of drug-likeness (QED) is 0.431. The highest BCUT2D eigenvalue weighted by atomic mass is 35.5. The summed E-state index contributed by atoms with van der Waals surface area (Å²) in [6.45, 7) is 2.74. The van der Waals surface area contributed by atoms with Gasteiger partial charge in [0.1, 0.15) is 0 Å². The highest BCUT2D eigenvalue weighted by Crippen LogP contribution is 2.24. The van der Waals surface area contributed by atoms with Gasteiger partial charge >= 0.3 is 0 Å². The monoisotopic (exact) mass is 418 g/mol. The molecule has 0 heterocycles. The van der Waals surface area contributed by atoms with Crippen molar-refractivity contribution in [3.63, 3.8) is 0 Å². The van der Waals surface area contributed by atoms with Crippen LogP contribution in [0.15, 0.2) is 36.4 Å². The number of aryl methyl sites for hydroxylation is 1. The lowest BCUT2D eigenvalue weighted by atomic mass is 10.2. The van der Waals surface area contributed by atoms with Crippen molar-refractivity contribution in [2.24, 2.45) is 0 Å². The molecule has 2 aromatic carbocycles. The number of thioether (sulfide) groups is 1. The first-order valence-corrected chi connectivity index (χ1v) is 9.98. The van der Waals surface area contributed by atoms with E-state index in [0.717, 1.165) is 39.9 Å². The van der Waals surface area contributed by atoms with Gasteiger partial charge in [-0.1, -0.05) is 46.9 Å². The number of hydrogen-bond acceptors (Lipinski definition) is 2. The van der Waals surface area contributed by atoms with Gasteiger partial charge in [0.2, 0.25) is 0 Å². The molecule has 2 rings (SSSR count). The van der Waals surface area contributed by atoms with Crippen molar-refractivity contribution >= 4 is 69.6 Å². The molecule has 0 amide bonds. The van der Waals surface area contributed by atoms with E-state index in [1.165, 1.54) is 0 Å². The van der Waals surface area contributed by atoms with Crippen LogP contribution in [0.3, 0.4) is 0 Å². The van der Waals surface area contributed by atoms with E-state index in [1.54, 1.807) is 11.8 Å². The molecule has 24 heavy (non-hydrogen) atoms. The average Bonchev–Trinajstić information content (AvgIpc) is 2.54. The number of benzene rings is 2. The molecule has 2 nitrogen and oxygen atoms in total. The summed E-state index contributed by atoms with van der Waals surface area (Å²) in [5.74, 6) is 1.81. The number of thiocarbonyl (C=S) groups is 1. The minimum atomic E-state index is 0.583. The van der Waals surface area contributed by atoms with Crippen LogP contribution in [0.2, 0.25) is 15.1 Å². The summed E-state index contributed by atoms with van der Waals surface area (Å²) in [7, 11) is 0. The molecule has 0 aliphatic heterocycles. The van der Waals surface area contributed by atoms with Crippen molar-refractivity contribution < 1.29 is 0 Å². The second-order valence-electron chi connectivity index (χ2n) is 5.15. The minimum absolute atomic E-state index is 0.583. The van der Waals surface area contributed by atoms with Gasteiger partial charge in [-0.15, -0.1) is 0 Å². The fourth-order valence-electron chi connectivity index (χ4n) is 1.90. The van der Waals surface area contributed by atoms with Crippen molar-refractivity contribution in [1.29, 1.82) is 0 Å². The Bertz CT molecular complexity index is 723. The zero-order chi connectivity index (χ0) is 17.5. The third kappa shape index (κ3) is 6.34. The van der Waals surface area contributed by atoms with E-state index in [0.29, 0.717) is 15.2 Å². The molecule has 0 atom stereocenters. The molecule has 7 heteroatoms. The summed E-state index contributed by atoms with van der Waals surface area (Å²) < 4.78 is 0. The third-order valence-corrected chi connectivity index (χ3v) is 5.64. The SMILES string of the molecule is Cc1ccc(NC(=S)NCCSCc2ccc(Cl)c(Cl)c2)cc1Cl. The maximum absolute atomic E-state index is 6.10. The van der Waals surface area contributed by atoms with E-state index in [9.17, 15) is 0 Å². The number of halogens is 3. The van der Waals surface area contributed by atoms with Crippen molar-refractivity contribution in [3.05, 3.63) is 62.6 Å². The molecule has 0 fully saturated rings. The normalized spacial score (nSPS) is 10.5. The molecule has 0 aliphatic rings. The van der Waals surface area contributed by atoms with Crippen molar-refractivity contribution in [2.45, 2.75) is 12.7 Å². The minimum Gasteiger partial charge on any atom is -0.362 e. The molecule has 0 aliphatic carbocycles. The van der Waals surface area contributed by atoms with E-state index >= 15 is 0 Å². The predicted molar refractivity (Wildman–Crippen MR) is 113 cm³/mol. The van der Waals surface area contributed by atoms with Crippen LogP contribution in [0.1, 0.15) is 11.1 Å². The summed E-state index contributed by atoms with van der Waals surface area (Å²) in [5, 5.41) is 8.79. The molecule has 0 spiro atoms. The summed E-state index contributed by atoms with van der Waals surface area (Å²) in [4.78, 5) is 0. The third-order valence-electron chi connectivity index (χ3n) is 3.21. The standard InChI is InChI=1S/C17H17Cl3N2S2/c1-11-2-4-13(9-15(11)19)22-17(23)21-6-7-24-10-12-3-5-14(18)16(20)8-12/h2-5,8-9H,6-7,10H2,1H3,(H2,21,22,23). The summed E-state index contributed by atoms with van der Waals surface area (Å²) in [5.41, 5.74) is 3.08. The van der Waals surface area contributed by atoms with Gasteiger partial charge in [0.15, 0.2) is 5.11 Å². The zero-order valence-corrected chi connectivity index (χ0v) is 16.9. The van der Waals surface area contributed by atoms with Gasteiger partial charge in [0, 0.05) is 28.8 Å². The van der Waals surface area contributed by atoms with E-state index in [-0.39, 0.29) is 0 Å². The maximum atomic E-state index is 6.10. The van der Waals surface area contributed by atoms with Crippen LogP contribution in [0.4, 0.5) is 5.69 Å². The van der Waals surface area contributed by atoms with E-state index in [1.807, 2.05) is 43.3 Å². The highest BCUT2D eigenvalue weighted by Gasteiger charge is 2.02. The Balaban J connectivity index is 1.67. The molecule has 0 saturated carbocycles. The van der Waals surface area contributed by atoms with Gasteiger partial charge in [0.25, 0.3) is 0 Å². The number of rotatable bonds is 6.